The van der Waals surface area contributed by atoms with Gasteiger partial charge in [0.05, 0.1) is 6.07 Å². The van der Waals surface area contributed by atoms with E-state index in [9.17, 15) is 0 Å². The Bertz CT molecular complexity index is 103. The fourth-order valence-electron chi connectivity index (χ4n) is 0.412. The monoisotopic (exact) mass is 127 g/mol. The summed E-state index contributed by atoms with van der Waals surface area (Å²) in [4.78, 5) is 0. The lowest BCUT2D eigenvalue weighted by Crippen LogP contribution is -2.33. The molecule has 0 aromatic carbocycles. The van der Waals surface area contributed by atoms with Gasteiger partial charge in [0, 0.05) is 34.1 Å². The molecule has 3 nitrogen and oxygen atoms in total. The van der Waals surface area contributed by atoms with Crippen molar-refractivity contribution in [1.29, 1.82) is 5.26 Å². The first-order valence-corrected chi connectivity index (χ1v) is 2.94. The molecule has 0 saturated heterocycles. The maximum atomic E-state index is 8.20. The van der Waals surface area contributed by atoms with Crippen molar-refractivity contribution in [1.82, 2.24) is 10.0 Å². The third kappa shape index (κ3) is 3.95. The van der Waals surface area contributed by atoms with E-state index in [0.717, 1.165) is 6.54 Å². The van der Waals surface area contributed by atoms with Crippen LogP contribution in [0.5, 0.6) is 0 Å². The molecule has 3 heteroatoms. The second-order valence-electron chi connectivity index (χ2n) is 2.14. The zero-order valence-electron chi connectivity index (χ0n) is 6.26. The molecule has 52 valence electrons. The second-order valence-corrected chi connectivity index (χ2v) is 2.14. The molecule has 0 atom stereocenters. The molecule has 0 unspecified atom stereocenters. The van der Waals surface area contributed by atoms with Gasteiger partial charge in [-0.2, -0.15) is 5.26 Å². The normalized spacial score (nSPS) is 10.2. The molecule has 0 aromatic rings. The molecule has 0 spiro atoms. The van der Waals surface area contributed by atoms with Gasteiger partial charge in [0.15, 0.2) is 0 Å². The van der Waals surface area contributed by atoms with E-state index in [1.54, 1.807) is 0 Å². The molecule has 0 radical (unpaired) electrons. The minimum atomic E-state index is 0.592. The molecule has 0 saturated carbocycles. The Hall–Kier alpha value is -0.590. The highest BCUT2D eigenvalue weighted by Crippen LogP contribution is 1.86. The van der Waals surface area contributed by atoms with Crippen molar-refractivity contribution in [2.45, 2.75) is 6.42 Å². The maximum absolute atomic E-state index is 8.20. The molecule has 0 bridgehead atoms. The zero-order valence-corrected chi connectivity index (χ0v) is 6.26. The minimum Gasteiger partial charge on any atom is -0.248 e. The Morgan fingerprint density at radius 2 is 1.89 bits per heavy atom. The van der Waals surface area contributed by atoms with Crippen molar-refractivity contribution in [2.24, 2.45) is 0 Å². The van der Waals surface area contributed by atoms with E-state index in [1.807, 2.05) is 31.2 Å². The Balaban J connectivity index is 3.29. The van der Waals surface area contributed by atoms with Gasteiger partial charge in [0.1, 0.15) is 0 Å². The third-order valence-electron chi connectivity index (χ3n) is 1.23. The molecule has 0 aliphatic carbocycles. The van der Waals surface area contributed by atoms with E-state index in [2.05, 4.69) is 6.07 Å². The van der Waals surface area contributed by atoms with E-state index in [1.165, 1.54) is 0 Å². The van der Waals surface area contributed by atoms with Crippen LogP contribution in [0.25, 0.3) is 0 Å². The lowest BCUT2D eigenvalue weighted by atomic mass is 10.5. The molecule has 0 N–H and O–H groups in total. The maximum Gasteiger partial charge on any atom is 0.0635 e. The van der Waals surface area contributed by atoms with Gasteiger partial charge in [-0.25, -0.2) is 10.0 Å². The van der Waals surface area contributed by atoms with Gasteiger partial charge in [-0.05, 0) is 0 Å². The highest BCUT2D eigenvalue weighted by molar-refractivity contribution is 4.69. The standard InChI is InChI=1S/C6H13N3/c1-8(2)9(3)6-4-5-7/h4,6H2,1-3H3. The van der Waals surface area contributed by atoms with Crippen molar-refractivity contribution < 1.29 is 0 Å². The van der Waals surface area contributed by atoms with Crippen molar-refractivity contribution in [3.8, 4) is 6.07 Å². The molecule has 0 rings (SSSR count). The SMILES string of the molecule is CN(C)N(C)CCC#N. The summed E-state index contributed by atoms with van der Waals surface area (Å²) in [5.74, 6) is 0. The van der Waals surface area contributed by atoms with Gasteiger partial charge in [-0.1, -0.05) is 0 Å². The zero-order chi connectivity index (χ0) is 7.28. The molecule has 0 amide bonds. The van der Waals surface area contributed by atoms with Crippen LogP contribution in [0.1, 0.15) is 6.42 Å². The summed E-state index contributed by atoms with van der Waals surface area (Å²) in [6.07, 6.45) is 0.592. The number of nitrogens with zero attached hydrogens (tertiary/aromatic N) is 3. The molecule has 9 heavy (non-hydrogen) atoms. The summed E-state index contributed by atoms with van der Waals surface area (Å²) in [6, 6.07) is 2.09. The van der Waals surface area contributed by atoms with E-state index < -0.39 is 0 Å². The predicted molar refractivity (Wildman–Crippen MR) is 36.5 cm³/mol. The fraction of sp³-hybridized carbons (Fsp3) is 0.833. The van der Waals surface area contributed by atoms with Crippen LogP contribution in [0.2, 0.25) is 0 Å². The Kier molecular flexibility index (Phi) is 4.02. The molecule has 0 fully saturated rings. The van der Waals surface area contributed by atoms with E-state index in [0.29, 0.717) is 6.42 Å². The first-order valence-electron chi connectivity index (χ1n) is 2.94. The van der Waals surface area contributed by atoms with Gasteiger partial charge in [0.2, 0.25) is 0 Å². The topological polar surface area (TPSA) is 30.3 Å². The molecular formula is C6H13N3. The number of hydrazine groups is 1. The van der Waals surface area contributed by atoms with Gasteiger partial charge in [0.25, 0.3) is 0 Å². The van der Waals surface area contributed by atoms with Crippen LogP contribution in [0, 0.1) is 11.3 Å². The van der Waals surface area contributed by atoms with E-state index in [-0.39, 0.29) is 0 Å². The summed E-state index contributed by atoms with van der Waals surface area (Å²) >= 11 is 0. The first kappa shape index (κ1) is 8.41. The summed E-state index contributed by atoms with van der Waals surface area (Å²) in [7, 11) is 5.87. The molecule has 0 aliphatic rings. The van der Waals surface area contributed by atoms with Gasteiger partial charge >= 0.3 is 0 Å². The fourth-order valence-corrected chi connectivity index (χ4v) is 0.412. The Morgan fingerprint density at radius 3 is 2.22 bits per heavy atom. The highest BCUT2D eigenvalue weighted by Gasteiger charge is 1.96. The molecular weight excluding hydrogens is 114 g/mol. The average Bonchev–Trinajstić information content (AvgIpc) is 1.82. The Morgan fingerprint density at radius 1 is 1.33 bits per heavy atom. The number of hydrogen-bond donors (Lipinski definition) is 0. The van der Waals surface area contributed by atoms with Crippen LogP contribution in [-0.2, 0) is 0 Å². The second kappa shape index (κ2) is 4.30. The van der Waals surface area contributed by atoms with Gasteiger partial charge in [-0.3, -0.25) is 0 Å². The van der Waals surface area contributed by atoms with Gasteiger partial charge < -0.3 is 0 Å². The number of rotatable bonds is 3. The predicted octanol–water partition coefficient (Wildman–Crippen LogP) is 0.308. The van der Waals surface area contributed by atoms with Crippen molar-refractivity contribution in [3.05, 3.63) is 0 Å². The van der Waals surface area contributed by atoms with Crippen molar-refractivity contribution in [3.63, 3.8) is 0 Å². The van der Waals surface area contributed by atoms with E-state index in [4.69, 9.17) is 5.26 Å². The van der Waals surface area contributed by atoms with Crippen LogP contribution >= 0.6 is 0 Å². The lowest BCUT2D eigenvalue weighted by Gasteiger charge is -2.22. The smallest absolute Gasteiger partial charge is 0.0635 e. The first-order chi connectivity index (χ1) is 4.18. The highest BCUT2D eigenvalue weighted by atomic mass is 15.6. The Labute approximate surface area is 56.4 Å². The largest absolute Gasteiger partial charge is 0.248 e. The quantitative estimate of drug-likeness (QED) is 0.511. The van der Waals surface area contributed by atoms with Crippen LogP contribution in [-0.4, -0.2) is 37.7 Å². The van der Waals surface area contributed by atoms with Crippen molar-refractivity contribution in [2.75, 3.05) is 27.7 Å². The number of nitriles is 1. The van der Waals surface area contributed by atoms with E-state index >= 15 is 0 Å². The minimum absolute atomic E-state index is 0.592. The summed E-state index contributed by atoms with van der Waals surface area (Å²) in [6.45, 7) is 0.809. The van der Waals surface area contributed by atoms with Crippen LogP contribution in [0.4, 0.5) is 0 Å². The molecule has 0 heterocycles. The van der Waals surface area contributed by atoms with Crippen molar-refractivity contribution >= 4 is 0 Å². The van der Waals surface area contributed by atoms with Crippen LogP contribution in [0.3, 0.4) is 0 Å². The lowest BCUT2D eigenvalue weighted by molar-refractivity contribution is 0.0589. The molecule has 0 aliphatic heterocycles. The van der Waals surface area contributed by atoms with Crippen LogP contribution in [0.15, 0.2) is 0 Å². The number of hydrogen-bond acceptors (Lipinski definition) is 3. The van der Waals surface area contributed by atoms with Crippen LogP contribution < -0.4 is 0 Å². The molecule has 0 aromatic heterocycles. The summed E-state index contributed by atoms with van der Waals surface area (Å²) in [5.41, 5.74) is 0. The third-order valence-corrected chi connectivity index (χ3v) is 1.23. The summed E-state index contributed by atoms with van der Waals surface area (Å²) < 4.78 is 0. The summed E-state index contributed by atoms with van der Waals surface area (Å²) in [5, 5.41) is 12.1. The van der Waals surface area contributed by atoms with Gasteiger partial charge in [-0.15, -0.1) is 0 Å². The average molecular weight is 127 g/mol.